The molecule has 1 heterocycles. The zero-order valence-corrected chi connectivity index (χ0v) is 11.1. The van der Waals surface area contributed by atoms with E-state index in [9.17, 15) is 4.79 Å². The molecular weight excluding hydrogens is 222 g/mol. The number of carbonyl (C=O) groups is 1. The maximum atomic E-state index is 11.0. The Labute approximate surface area is 103 Å². The van der Waals surface area contributed by atoms with E-state index in [1.165, 1.54) is 0 Å². The number of hydrogen-bond donors (Lipinski definition) is 1. The van der Waals surface area contributed by atoms with E-state index in [1.807, 2.05) is 0 Å². The Bertz CT molecular complexity index is 255. The van der Waals surface area contributed by atoms with Gasteiger partial charge < -0.3 is 14.6 Å². The third-order valence-electron chi connectivity index (χ3n) is 3.53. The number of carboxylic acids is 1. The van der Waals surface area contributed by atoms with Crippen molar-refractivity contribution < 1.29 is 19.4 Å². The first-order valence-electron chi connectivity index (χ1n) is 5.92. The van der Waals surface area contributed by atoms with Gasteiger partial charge in [0.2, 0.25) is 0 Å². The van der Waals surface area contributed by atoms with Crippen LogP contribution in [0.15, 0.2) is 0 Å². The van der Waals surface area contributed by atoms with E-state index in [2.05, 4.69) is 4.90 Å². The number of likely N-dealkylation sites (tertiary alicyclic amines) is 1. The summed E-state index contributed by atoms with van der Waals surface area (Å²) >= 11 is 0. The van der Waals surface area contributed by atoms with Crippen molar-refractivity contribution in [3.05, 3.63) is 0 Å². The lowest BCUT2D eigenvalue weighted by Crippen LogP contribution is -2.31. The minimum atomic E-state index is -0.747. The Balaban J connectivity index is 2.42. The highest BCUT2D eigenvalue weighted by molar-refractivity contribution is 5.73. The van der Waals surface area contributed by atoms with Crippen molar-refractivity contribution in [2.45, 2.75) is 32.5 Å². The van der Waals surface area contributed by atoms with Gasteiger partial charge in [0, 0.05) is 27.3 Å². The second kappa shape index (κ2) is 5.80. The molecule has 0 aromatic carbocycles. The molecule has 0 aliphatic carbocycles. The van der Waals surface area contributed by atoms with Crippen LogP contribution in [0.5, 0.6) is 0 Å². The SMILES string of the molecule is COC1CN(CCC(C)(C)C(=O)O)CC1OC. The third kappa shape index (κ3) is 3.66. The molecule has 1 aliphatic rings. The summed E-state index contributed by atoms with van der Waals surface area (Å²) in [4.78, 5) is 13.2. The molecule has 0 aromatic rings. The van der Waals surface area contributed by atoms with Crippen LogP contribution >= 0.6 is 0 Å². The Morgan fingerprint density at radius 2 is 1.76 bits per heavy atom. The van der Waals surface area contributed by atoms with Crippen LogP contribution in [0, 0.1) is 5.41 Å². The Kier molecular flexibility index (Phi) is 4.91. The monoisotopic (exact) mass is 245 g/mol. The van der Waals surface area contributed by atoms with Gasteiger partial charge in [-0.1, -0.05) is 0 Å². The van der Waals surface area contributed by atoms with Crippen molar-refractivity contribution in [1.82, 2.24) is 4.90 Å². The maximum Gasteiger partial charge on any atom is 0.309 e. The highest BCUT2D eigenvalue weighted by atomic mass is 16.5. The zero-order valence-electron chi connectivity index (χ0n) is 11.1. The minimum Gasteiger partial charge on any atom is -0.481 e. The van der Waals surface area contributed by atoms with Crippen molar-refractivity contribution in [1.29, 1.82) is 0 Å². The standard InChI is InChI=1S/C12H23NO4/c1-12(2,11(14)15)5-6-13-7-9(16-3)10(8-13)17-4/h9-10H,5-8H2,1-4H3,(H,14,15). The van der Waals surface area contributed by atoms with E-state index < -0.39 is 11.4 Å². The van der Waals surface area contributed by atoms with E-state index in [0.29, 0.717) is 6.42 Å². The lowest BCUT2D eigenvalue weighted by molar-refractivity contribution is -0.147. The molecule has 0 amide bonds. The average Bonchev–Trinajstić information content (AvgIpc) is 2.68. The average molecular weight is 245 g/mol. The molecule has 0 spiro atoms. The summed E-state index contributed by atoms with van der Waals surface area (Å²) in [5.41, 5.74) is -0.673. The van der Waals surface area contributed by atoms with Gasteiger partial charge in [-0.25, -0.2) is 0 Å². The molecule has 0 aromatic heterocycles. The van der Waals surface area contributed by atoms with E-state index >= 15 is 0 Å². The lowest BCUT2D eigenvalue weighted by atomic mass is 9.89. The summed E-state index contributed by atoms with van der Waals surface area (Å²) in [6.07, 6.45) is 0.815. The van der Waals surface area contributed by atoms with Crippen LogP contribution in [0.1, 0.15) is 20.3 Å². The van der Waals surface area contributed by atoms with Gasteiger partial charge in [0.15, 0.2) is 0 Å². The summed E-state index contributed by atoms with van der Waals surface area (Å²) in [6, 6.07) is 0. The Morgan fingerprint density at radius 3 is 2.12 bits per heavy atom. The van der Waals surface area contributed by atoms with Crippen molar-refractivity contribution in [3.63, 3.8) is 0 Å². The molecule has 1 rings (SSSR count). The van der Waals surface area contributed by atoms with E-state index in [4.69, 9.17) is 14.6 Å². The second-order valence-electron chi connectivity index (χ2n) is 5.25. The molecule has 1 aliphatic heterocycles. The van der Waals surface area contributed by atoms with Gasteiger partial charge in [0.25, 0.3) is 0 Å². The molecule has 0 bridgehead atoms. The number of ether oxygens (including phenoxy) is 2. The van der Waals surface area contributed by atoms with Crippen molar-refractivity contribution in [2.24, 2.45) is 5.41 Å². The van der Waals surface area contributed by atoms with Crippen LogP contribution in [0.3, 0.4) is 0 Å². The van der Waals surface area contributed by atoms with Crippen molar-refractivity contribution in [3.8, 4) is 0 Å². The number of methoxy groups -OCH3 is 2. The summed E-state index contributed by atoms with van der Waals surface area (Å²) in [5, 5.41) is 9.04. The second-order valence-corrected chi connectivity index (χ2v) is 5.25. The molecule has 1 saturated heterocycles. The van der Waals surface area contributed by atoms with Gasteiger partial charge >= 0.3 is 5.97 Å². The maximum absolute atomic E-state index is 11.0. The molecule has 5 nitrogen and oxygen atoms in total. The summed E-state index contributed by atoms with van der Waals surface area (Å²) in [5.74, 6) is -0.747. The smallest absolute Gasteiger partial charge is 0.309 e. The van der Waals surface area contributed by atoms with Gasteiger partial charge in [-0.3, -0.25) is 9.69 Å². The van der Waals surface area contributed by atoms with Crippen molar-refractivity contribution >= 4 is 5.97 Å². The summed E-state index contributed by atoms with van der Waals surface area (Å²) in [6.45, 7) is 5.90. The number of hydrogen-bond acceptors (Lipinski definition) is 4. The molecular formula is C12H23NO4. The van der Waals surface area contributed by atoms with Crippen LogP contribution in [-0.2, 0) is 14.3 Å². The minimum absolute atomic E-state index is 0.0907. The molecule has 2 atom stereocenters. The van der Waals surface area contributed by atoms with Gasteiger partial charge in [0.1, 0.15) is 0 Å². The number of nitrogens with zero attached hydrogens (tertiary/aromatic N) is 1. The van der Waals surface area contributed by atoms with Crippen LogP contribution in [0.2, 0.25) is 0 Å². The molecule has 1 fully saturated rings. The van der Waals surface area contributed by atoms with Gasteiger partial charge in [-0.05, 0) is 26.8 Å². The lowest BCUT2D eigenvalue weighted by Gasteiger charge is -2.23. The number of carboxylic acid groups (broad SMARTS) is 1. The first-order valence-corrected chi connectivity index (χ1v) is 5.92. The highest BCUT2D eigenvalue weighted by Crippen LogP contribution is 2.23. The fourth-order valence-electron chi connectivity index (χ4n) is 2.00. The van der Waals surface area contributed by atoms with Crippen LogP contribution < -0.4 is 0 Å². The van der Waals surface area contributed by atoms with Gasteiger partial charge in [-0.15, -0.1) is 0 Å². The fourth-order valence-corrected chi connectivity index (χ4v) is 2.00. The Hall–Kier alpha value is -0.650. The first kappa shape index (κ1) is 14.4. The molecule has 0 saturated carbocycles. The van der Waals surface area contributed by atoms with Gasteiger partial charge in [-0.2, -0.15) is 0 Å². The largest absolute Gasteiger partial charge is 0.481 e. The fraction of sp³-hybridized carbons (Fsp3) is 0.917. The van der Waals surface area contributed by atoms with Crippen LogP contribution in [0.25, 0.3) is 0 Å². The molecule has 1 N–H and O–H groups in total. The predicted octanol–water partition coefficient (Wildman–Crippen LogP) is 0.833. The van der Waals surface area contributed by atoms with Gasteiger partial charge in [0.05, 0.1) is 17.6 Å². The van der Waals surface area contributed by atoms with E-state index in [0.717, 1.165) is 19.6 Å². The predicted molar refractivity (Wildman–Crippen MR) is 64.1 cm³/mol. The summed E-state index contributed by atoms with van der Waals surface area (Å²) < 4.78 is 10.7. The molecule has 5 heteroatoms. The Morgan fingerprint density at radius 1 is 1.29 bits per heavy atom. The van der Waals surface area contributed by atoms with E-state index in [1.54, 1.807) is 28.1 Å². The first-order chi connectivity index (χ1) is 7.90. The molecule has 100 valence electrons. The molecule has 0 radical (unpaired) electrons. The normalized spacial score (nSPS) is 26.4. The zero-order chi connectivity index (χ0) is 13.1. The number of rotatable bonds is 6. The third-order valence-corrected chi connectivity index (χ3v) is 3.53. The van der Waals surface area contributed by atoms with Crippen molar-refractivity contribution in [2.75, 3.05) is 33.9 Å². The molecule has 17 heavy (non-hydrogen) atoms. The topological polar surface area (TPSA) is 59.0 Å². The van der Waals surface area contributed by atoms with E-state index in [-0.39, 0.29) is 12.2 Å². The molecule has 2 unspecified atom stereocenters. The van der Waals surface area contributed by atoms with Crippen LogP contribution in [-0.4, -0.2) is 62.0 Å². The van der Waals surface area contributed by atoms with Crippen LogP contribution in [0.4, 0.5) is 0 Å². The summed E-state index contributed by atoms with van der Waals surface area (Å²) in [7, 11) is 3.36. The number of aliphatic carboxylic acids is 1. The quantitative estimate of drug-likeness (QED) is 0.751. The highest BCUT2D eigenvalue weighted by Gasteiger charge is 2.34.